The Morgan fingerprint density at radius 2 is 1.71 bits per heavy atom. The summed E-state index contributed by atoms with van der Waals surface area (Å²) in [6.07, 6.45) is 0. The van der Waals surface area contributed by atoms with Crippen LogP contribution in [0.2, 0.25) is 0 Å². The molecule has 0 radical (unpaired) electrons. The summed E-state index contributed by atoms with van der Waals surface area (Å²) in [4.78, 5) is 27.1. The van der Waals surface area contributed by atoms with Crippen molar-refractivity contribution in [3.05, 3.63) is 70.5 Å². The predicted octanol–water partition coefficient (Wildman–Crippen LogP) is 3.66. The molecular weight excluding hydrogens is 398 g/mol. The molecule has 160 valence electrons. The van der Waals surface area contributed by atoms with Crippen LogP contribution in [0.5, 0.6) is 11.5 Å². The maximum absolute atomic E-state index is 13.4. The van der Waals surface area contributed by atoms with Gasteiger partial charge in [-0.25, -0.2) is 4.79 Å². The fraction of sp³-hybridized carbons (Fsp3) is 0.261. The Hall–Kier alpha value is -3.81. The van der Waals surface area contributed by atoms with Crippen LogP contribution in [0.25, 0.3) is 0 Å². The molecule has 0 fully saturated rings. The van der Waals surface area contributed by atoms with Gasteiger partial charge in [0.2, 0.25) is 0 Å². The number of aryl methyl sites for hydroxylation is 1. The van der Waals surface area contributed by atoms with Crippen molar-refractivity contribution in [2.24, 2.45) is 0 Å². The Bertz CT molecular complexity index is 1110. The monoisotopic (exact) mass is 421 g/mol. The third-order valence-electron chi connectivity index (χ3n) is 5.34. The quantitative estimate of drug-likeness (QED) is 0.611. The number of carbonyl (C=O) groups excluding carboxylic acids is 2. The van der Waals surface area contributed by atoms with Crippen LogP contribution in [0.3, 0.4) is 0 Å². The number of benzene rings is 2. The third kappa shape index (κ3) is 3.30. The summed E-state index contributed by atoms with van der Waals surface area (Å²) >= 11 is 0. The lowest BCUT2D eigenvalue weighted by Gasteiger charge is -2.28. The van der Waals surface area contributed by atoms with Gasteiger partial charge in [-0.15, -0.1) is 0 Å². The summed E-state index contributed by atoms with van der Waals surface area (Å²) in [6, 6.07) is 11.7. The lowest BCUT2D eigenvalue weighted by Crippen LogP contribution is -2.30. The van der Waals surface area contributed by atoms with Crippen LogP contribution in [-0.4, -0.2) is 42.9 Å². The smallest absolute Gasteiger partial charge is 0.338 e. The highest BCUT2D eigenvalue weighted by Crippen LogP contribution is 2.48. The maximum Gasteiger partial charge on any atom is 0.338 e. The van der Waals surface area contributed by atoms with Crippen molar-refractivity contribution in [2.45, 2.75) is 19.9 Å². The number of methoxy groups -OCH3 is 2. The van der Waals surface area contributed by atoms with Crippen LogP contribution in [0, 0.1) is 6.92 Å². The van der Waals surface area contributed by atoms with E-state index in [-0.39, 0.29) is 5.91 Å². The molecule has 0 aliphatic carbocycles. The van der Waals surface area contributed by atoms with E-state index in [0.717, 1.165) is 16.8 Å². The first-order valence-electron chi connectivity index (χ1n) is 9.88. The molecule has 1 aliphatic heterocycles. The van der Waals surface area contributed by atoms with Gasteiger partial charge in [0.1, 0.15) is 11.5 Å². The second-order valence-electron chi connectivity index (χ2n) is 7.03. The molecule has 8 heteroatoms. The van der Waals surface area contributed by atoms with E-state index in [0.29, 0.717) is 35.1 Å². The van der Waals surface area contributed by atoms with Crippen molar-refractivity contribution in [2.75, 3.05) is 25.7 Å². The largest absolute Gasteiger partial charge is 0.496 e. The standard InChI is InChI=1S/C23H23N3O5/c1-5-31-23(28)14-9-11-15(12-10-14)26-21(18-13(2)24-25-20(18)22(26)27)19-16(29-3)7-6-8-17(19)30-4/h6-12,21H,5H2,1-4H3,(H,24,25). The van der Waals surface area contributed by atoms with Crippen LogP contribution >= 0.6 is 0 Å². The summed E-state index contributed by atoms with van der Waals surface area (Å²) in [5.74, 6) is 0.535. The summed E-state index contributed by atoms with van der Waals surface area (Å²) in [6.45, 7) is 3.92. The first kappa shape index (κ1) is 20.5. The van der Waals surface area contributed by atoms with Crippen molar-refractivity contribution in [3.63, 3.8) is 0 Å². The van der Waals surface area contributed by atoms with E-state index in [1.165, 1.54) is 0 Å². The Balaban J connectivity index is 1.87. The first-order valence-corrected chi connectivity index (χ1v) is 9.88. The molecule has 1 aliphatic rings. The number of hydrogen-bond acceptors (Lipinski definition) is 6. The minimum atomic E-state index is -0.513. The van der Waals surface area contributed by atoms with Crippen molar-refractivity contribution in [1.29, 1.82) is 0 Å². The van der Waals surface area contributed by atoms with Crippen molar-refractivity contribution in [1.82, 2.24) is 10.2 Å². The molecule has 1 aromatic heterocycles. The van der Waals surface area contributed by atoms with Crippen LogP contribution in [-0.2, 0) is 4.74 Å². The van der Waals surface area contributed by atoms with Gasteiger partial charge in [-0.2, -0.15) is 5.10 Å². The zero-order chi connectivity index (χ0) is 22.1. The molecule has 1 atom stereocenters. The molecule has 3 aromatic rings. The molecular formula is C23H23N3O5. The molecule has 31 heavy (non-hydrogen) atoms. The molecule has 0 saturated carbocycles. The molecule has 0 saturated heterocycles. The highest BCUT2D eigenvalue weighted by Gasteiger charge is 2.44. The van der Waals surface area contributed by atoms with E-state index >= 15 is 0 Å². The van der Waals surface area contributed by atoms with Crippen LogP contribution in [0.15, 0.2) is 42.5 Å². The predicted molar refractivity (Wildman–Crippen MR) is 114 cm³/mol. The number of nitrogens with zero attached hydrogens (tertiary/aromatic N) is 2. The Morgan fingerprint density at radius 3 is 2.29 bits per heavy atom. The number of ether oxygens (including phenoxy) is 3. The maximum atomic E-state index is 13.4. The SMILES string of the molecule is CCOC(=O)c1ccc(N2C(=O)c3n[nH]c(C)c3C2c2c(OC)cccc2OC)cc1. The number of amides is 1. The van der Waals surface area contributed by atoms with E-state index in [4.69, 9.17) is 14.2 Å². The average Bonchev–Trinajstić information content (AvgIpc) is 3.31. The number of aromatic amines is 1. The van der Waals surface area contributed by atoms with Gasteiger partial charge in [-0.1, -0.05) is 6.07 Å². The van der Waals surface area contributed by atoms with E-state index < -0.39 is 12.0 Å². The number of hydrogen-bond donors (Lipinski definition) is 1. The fourth-order valence-electron chi connectivity index (χ4n) is 3.96. The normalized spacial score (nSPS) is 15.0. The van der Waals surface area contributed by atoms with Gasteiger partial charge in [0.05, 0.1) is 38.0 Å². The summed E-state index contributed by atoms with van der Waals surface area (Å²) in [5, 5.41) is 7.15. The number of nitrogens with one attached hydrogen (secondary N) is 1. The van der Waals surface area contributed by atoms with E-state index in [1.54, 1.807) is 50.3 Å². The highest BCUT2D eigenvalue weighted by molar-refractivity contribution is 6.11. The molecule has 2 aromatic carbocycles. The van der Waals surface area contributed by atoms with Crippen molar-refractivity contribution in [3.8, 4) is 11.5 Å². The molecule has 2 heterocycles. The molecule has 0 bridgehead atoms. The highest BCUT2D eigenvalue weighted by atomic mass is 16.5. The van der Waals surface area contributed by atoms with Gasteiger partial charge in [-0.05, 0) is 50.2 Å². The van der Waals surface area contributed by atoms with Gasteiger partial charge in [0.25, 0.3) is 5.91 Å². The number of carbonyl (C=O) groups is 2. The number of fused-ring (bicyclic) bond motifs is 1. The summed E-state index contributed by atoms with van der Waals surface area (Å²) in [5.41, 5.74) is 3.66. The number of rotatable bonds is 6. The summed E-state index contributed by atoms with van der Waals surface area (Å²) in [7, 11) is 3.16. The average molecular weight is 421 g/mol. The minimum absolute atomic E-state index is 0.249. The Labute approximate surface area is 179 Å². The number of H-pyrrole nitrogens is 1. The van der Waals surface area contributed by atoms with E-state index in [2.05, 4.69) is 10.2 Å². The Morgan fingerprint density at radius 1 is 1.06 bits per heavy atom. The summed E-state index contributed by atoms with van der Waals surface area (Å²) < 4.78 is 16.3. The zero-order valence-electron chi connectivity index (χ0n) is 17.8. The number of aromatic nitrogens is 2. The molecule has 8 nitrogen and oxygen atoms in total. The zero-order valence-corrected chi connectivity index (χ0v) is 17.8. The molecule has 1 N–H and O–H groups in total. The lowest BCUT2D eigenvalue weighted by atomic mass is 9.96. The van der Waals surface area contributed by atoms with Gasteiger partial charge in [0, 0.05) is 16.9 Å². The van der Waals surface area contributed by atoms with E-state index in [1.807, 2.05) is 25.1 Å². The first-order chi connectivity index (χ1) is 15.0. The second kappa shape index (κ2) is 8.14. The van der Waals surface area contributed by atoms with E-state index in [9.17, 15) is 9.59 Å². The van der Waals surface area contributed by atoms with Crippen molar-refractivity contribution < 1.29 is 23.8 Å². The van der Waals surface area contributed by atoms with Crippen molar-refractivity contribution >= 4 is 17.6 Å². The number of anilines is 1. The van der Waals surface area contributed by atoms with Gasteiger partial charge in [-0.3, -0.25) is 14.8 Å². The topological polar surface area (TPSA) is 93.8 Å². The van der Waals surface area contributed by atoms with Crippen LogP contribution in [0.4, 0.5) is 5.69 Å². The molecule has 1 amide bonds. The third-order valence-corrected chi connectivity index (χ3v) is 5.34. The Kier molecular flexibility index (Phi) is 5.37. The number of esters is 1. The minimum Gasteiger partial charge on any atom is -0.496 e. The lowest BCUT2D eigenvalue weighted by molar-refractivity contribution is 0.0526. The molecule has 0 spiro atoms. The molecule has 1 unspecified atom stereocenters. The van der Waals surface area contributed by atoms with Gasteiger partial charge in [0.15, 0.2) is 5.69 Å². The van der Waals surface area contributed by atoms with Gasteiger partial charge < -0.3 is 14.2 Å². The molecule has 4 rings (SSSR count). The fourth-order valence-corrected chi connectivity index (χ4v) is 3.96. The van der Waals surface area contributed by atoms with Crippen LogP contribution < -0.4 is 14.4 Å². The van der Waals surface area contributed by atoms with Crippen LogP contribution in [0.1, 0.15) is 50.6 Å². The second-order valence-corrected chi connectivity index (χ2v) is 7.03. The van der Waals surface area contributed by atoms with Gasteiger partial charge >= 0.3 is 5.97 Å².